The number of allylic oxidation sites excluding steroid dienone is 6. The summed E-state index contributed by atoms with van der Waals surface area (Å²) in [5.74, 6) is 3.76. The standard InChI is InChI=1S/C40H52/c1-13-14-28(3)31(6)34-15-17-35(18-16-34)38-20-27(2)19-37(38)30(5)21-29(4)36-23-32(25-39(7,8)9)22-33(24-36)26-40(10,11)12/h1,15-20,22-24,28,30,38H,4,6,14,21,25-26H2,2-3,5,7-12H3/t28?,30-,38?/m1/s1. The Labute approximate surface area is 246 Å². The summed E-state index contributed by atoms with van der Waals surface area (Å²) in [6, 6.07) is 16.2. The number of hydrogen-bond acceptors (Lipinski definition) is 0. The lowest BCUT2D eigenvalue weighted by atomic mass is 9.80. The minimum Gasteiger partial charge on any atom is -0.120 e. The van der Waals surface area contributed by atoms with E-state index in [1.165, 1.54) is 44.5 Å². The van der Waals surface area contributed by atoms with E-state index in [1.807, 2.05) is 0 Å². The van der Waals surface area contributed by atoms with Crippen LogP contribution in [0.15, 0.2) is 78.9 Å². The largest absolute Gasteiger partial charge is 0.120 e. The van der Waals surface area contributed by atoms with Gasteiger partial charge in [-0.05, 0) is 87.8 Å². The SMILES string of the molecule is C#CCC(C)C(=C)c1ccc(C2C=C(C)C=C2[C@H](C)CC(=C)c2cc(CC(C)(C)C)cc(CC(C)(C)C)c2)cc1. The van der Waals surface area contributed by atoms with Gasteiger partial charge in [0.1, 0.15) is 0 Å². The van der Waals surface area contributed by atoms with E-state index in [4.69, 9.17) is 6.42 Å². The van der Waals surface area contributed by atoms with Crippen molar-refractivity contribution in [1.82, 2.24) is 0 Å². The van der Waals surface area contributed by atoms with Crippen molar-refractivity contribution >= 4 is 11.1 Å². The van der Waals surface area contributed by atoms with Crippen LogP contribution in [-0.4, -0.2) is 0 Å². The Balaban J connectivity index is 1.82. The summed E-state index contributed by atoms with van der Waals surface area (Å²) < 4.78 is 0. The molecule has 0 saturated heterocycles. The van der Waals surface area contributed by atoms with Gasteiger partial charge in [0.15, 0.2) is 0 Å². The summed E-state index contributed by atoms with van der Waals surface area (Å²) in [6.45, 7) is 29.6. The predicted molar refractivity (Wildman–Crippen MR) is 178 cm³/mol. The molecule has 0 amide bonds. The monoisotopic (exact) mass is 532 g/mol. The summed E-state index contributed by atoms with van der Waals surface area (Å²) in [6.07, 6.45) is 14.1. The molecule has 0 spiro atoms. The molecule has 0 nitrogen and oxygen atoms in total. The number of rotatable bonds is 10. The summed E-state index contributed by atoms with van der Waals surface area (Å²) in [5, 5.41) is 0. The summed E-state index contributed by atoms with van der Waals surface area (Å²) in [4.78, 5) is 0. The lowest BCUT2D eigenvalue weighted by Crippen LogP contribution is -2.13. The molecule has 2 unspecified atom stereocenters. The molecule has 2 aromatic carbocycles. The van der Waals surface area contributed by atoms with Gasteiger partial charge in [0.05, 0.1) is 0 Å². The number of benzene rings is 2. The molecule has 212 valence electrons. The molecule has 0 fully saturated rings. The Morgan fingerprint density at radius 3 is 1.93 bits per heavy atom. The van der Waals surface area contributed by atoms with Crippen LogP contribution in [0.2, 0.25) is 0 Å². The van der Waals surface area contributed by atoms with Gasteiger partial charge in [-0.15, -0.1) is 12.3 Å². The van der Waals surface area contributed by atoms with Crippen molar-refractivity contribution < 1.29 is 0 Å². The molecule has 0 bridgehead atoms. The Morgan fingerprint density at radius 1 is 0.875 bits per heavy atom. The molecule has 3 atom stereocenters. The first-order chi connectivity index (χ1) is 18.6. The van der Waals surface area contributed by atoms with E-state index in [0.29, 0.717) is 11.8 Å². The minimum absolute atomic E-state index is 0.249. The van der Waals surface area contributed by atoms with Crippen molar-refractivity contribution in [2.45, 2.75) is 93.9 Å². The second kappa shape index (κ2) is 12.6. The van der Waals surface area contributed by atoms with Gasteiger partial charge in [-0.25, -0.2) is 0 Å². The highest BCUT2D eigenvalue weighted by atomic mass is 14.3. The van der Waals surface area contributed by atoms with Gasteiger partial charge in [-0.3, -0.25) is 0 Å². The van der Waals surface area contributed by atoms with Gasteiger partial charge in [0.25, 0.3) is 0 Å². The van der Waals surface area contributed by atoms with Crippen LogP contribution < -0.4 is 0 Å². The van der Waals surface area contributed by atoms with E-state index in [2.05, 4.69) is 136 Å². The number of hydrogen-bond donors (Lipinski definition) is 0. The zero-order valence-electron chi connectivity index (χ0n) is 26.7. The van der Waals surface area contributed by atoms with E-state index in [-0.39, 0.29) is 16.7 Å². The van der Waals surface area contributed by atoms with Crippen molar-refractivity contribution in [1.29, 1.82) is 0 Å². The molecule has 0 aliphatic heterocycles. The van der Waals surface area contributed by atoms with Gasteiger partial charge in [-0.2, -0.15) is 0 Å². The number of terminal acetylenes is 1. The molecule has 2 aromatic rings. The lowest BCUT2D eigenvalue weighted by Gasteiger charge is -2.24. The second-order valence-corrected chi connectivity index (χ2v) is 14.7. The van der Waals surface area contributed by atoms with Gasteiger partial charge in [0, 0.05) is 12.3 Å². The third-order valence-corrected chi connectivity index (χ3v) is 7.89. The fourth-order valence-electron chi connectivity index (χ4n) is 5.99. The first-order valence-corrected chi connectivity index (χ1v) is 15.0. The molecule has 0 N–H and O–H groups in total. The first-order valence-electron chi connectivity index (χ1n) is 15.0. The molecular weight excluding hydrogens is 480 g/mol. The molecule has 0 heteroatoms. The first kappa shape index (κ1) is 31.5. The molecule has 1 aliphatic rings. The van der Waals surface area contributed by atoms with Crippen LogP contribution >= 0.6 is 0 Å². The van der Waals surface area contributed by atoms with Crippen LogP contribution in [0, 0.1) is 35.0 Å². The van der Waals surface area contributed by atoms with Gasteiger partial charge in [-0.1, -0.05) is 134 Å². The lowest BCUT2D eigenvalue weighted by molar-refractivity contribution is 0.405. The molecule has 0 saturated carbocycles. The smallest absolute Gasteiger partial charge is 0.0239 e. The fourth-order valence-corrected chi connectivity index (χ4v) is 5.99. The summed E-state index contributed by atoms with van der Waals surface area (Å²) in [7, 11) is 0. The molecular formula is C40H52. The Hall–Kier alpha value is -3.04. The highest BCUT2D eigenvalue weighted by Gasteiger charge is 2.25. The van der Waals surface area contributed by atoms with E-state index >= 15 is 0 Å². The van der Waals surface area contributed by atoms with Crippen LogP contribution in [0.4, 0.5) is 0 Å². The van der Waals surface area contributed by atoms with Crippen molar-refractivity contribution in [3.8, 4) is 12.3 Å². The molecule has 40 heavy (non-hydrogen) atoms. The van der Waals surface area contributed by atoms with Crippen molar-refractivity contribution in [2.75, 3.05) is 0 Å². The van der Waals surface area contributed by atoms with Crippen LogP contribution in [0.5, 0.6) is 0 Å². The maximum Gasteiger partial charge on any atom is 0.0239 e. The predicted octanol–water partition coefficient (Wildman–Crippen LogP) is 11.2. The van der Waals surface area contributed by atoms with Gasteiger partial charge in [0.2, 0.25) is 0 Å². The van der Waals surface area contributed by atoms with E-state index in [9.17, 15) is 0 Å². The maximum absolute atomic E-state index is 5.53. The molecule has 0 heterocycles. The van der Waals surface area contributed by atoms with Crippen molar-refractivity contribution in [3.63, 3.8) is 0 Å². The topological polar surface area (TPSA) is 0 Å². The zero-order chi connectivity index (χ0) is 29.8. The average molecular weight is 533 g/mol. The molecule has 1 aliphatic carbocycles. The fraction of sp³-hybridized carbons (Fsp3) is 0.450. The third kappa shape index (κ3) is 8.73. The van der Waals surface area contributed by atoms with Crippen LogP contribution in [0.3, 0.4) is 0 Å². The van der Waals surface area contributed by atoms with Crippen LogP contribution in [0.25, 0.3) is 11.1 Å². The average Bonchev–Trinajstić information content (AvgIpc) is 3.23. The molecule has 0 radical (unpaired) electrons. The van der Waals surface area contributed by atoms with Gasteiger partial charge >= 0.3 is 0 Å². The maximum atomic E-state index is 5.53. The summed E-state index contributed by atoms with van der Waals surface area (Å²) in [5.41, 5.74) is 12.3. The normalized spacial score (nSPS) is 17.1. The highest BCUT2D eigenvalue weighted by Crippen LogP contribution is 2.41. The van der Waals surface area contributed by atoms with Crippen LogP contribution in [-0.2, 0) is 12.8 Å². The van der Waals surface area contributed by atoms with Crippen molar-refractivity contribution in [2.24, 2.45) is 22.7 Å². The Morgan fingerprint density at radius 2 is 1.43 bits per heavy atom. The van der Waals surface area contributed by atoms with E-state index in [0.717, 1.165) is 31.3 Å². The minimum atomic E-state index is 0.249. The van der Waals surface area contributed by atoms with Gasteiger partial charge < -0.3 is 0 Å². The molecule has 0 aromatic heterocycles. The summed E-state index contributed by atoms with van der Waals surface area (Å²) >= 11 is 0. The van der Waals surface area contributed by atoms with E-state index in [1.54, 1.807) is 0 Å². The quantitative estimate of drug-likeness (QED) is 0.267. The Bertz CT molecular complexity index is 1280. The van der Waals surface area contributed by atoms with Crippen molar-refractivity contribution in [3.05, 3.63) is 107 Å². The molecule has 3 rings (SSSR count). The van der Waals surface area contributed by atoms with E-state index < -0.39 is 0 Å². The third-order valence-electron chi connectivity index (χ3n) is 7.89. The Kier molecular flexibility index (Phi) is 9.95. The zero-order valence-corrected chi connectivity index (χ0v) is 26.7. The second-order valence-electron chi connectivity index (χ2n) is 14.7. The van der Waals surface area contributed by atoms with Crippen LogP contribution in [0.1, 0.15) is 109 Å². The highest BCUT2D eigenvalue weighted by molar-refractivity contribution is 5.67.